The van der Waals surface area contributed by atoms with E-state index in [1.54, 1.807) is 13.2 Å². The lowest BCUT2D eigenvalue weighted by Gasteiger charge is -2.17. The standard InChI is InChI=1S/C20H28N2O4.ClH/c1-4-5-6-9-25-18-8-7-15(11-19(18)24-3)14(2)22-20(23)16-10-17(12-21)26-13-16;/h7-8,10-11,13-14H,4-6,9,12,21H2,1-3H3,(H,22,23);1H. The first-order chi connectivity index (χ1) is 12.6. The highest BCUT2D eigenvalue weighted by atomic mass is 35.5. The normalized spacial score (nSPS) is 11.4. The molecule has 0 bridgehead atoms. The molecule has 0 saturated heterocycles. The van der Waals surface area contributed by atoms with Crippen LogP contribution >= 0.6 is 12.4 Å². The first-order valence-electron chi connectivity index (χ1n) is 8.98. The largest absolute Gasteiger partial charge is 0.493 e. The van der Waals surface area contributed by atoms with E-state index in [2.05, 4.69) is 12.2 Å². The summed E-state index contributed by atoms with van der Waals surface area (Å²) in [5, 5.41) is 2.94. The van der Waals surface area contributed by atoms with Gasteiger partial charge in [0.05, 0.1) is 31.9 Å². The van der Waals surface area contributed by atoms with E-state index in [0.29, 0.717) is 29.4 Å². The lowest BCUT2D eigenvalue weighted by molar-refractivity contribution is 0.0939. The Labute approximate surface area is 166 Å². The van der Waals surface area contributed by atoms with Crippen molar-refractivity contribution in [3.8, 4) is 11.5 Å². The highest BCUT2D eigenvalue weighted by Gasteiger charge is 2.15. The Kier molecular flexibility index (Phi) is 9.75. The third kappa shape index (κ3) is 6.48. The molecule has 3 N–H and O–H groups in total. The maximum absolute atomic E-state index is 12.3. The molecule has 1 aromatic carbocycles. The van der Waals surface area contributed by atoms with Gasteiger partial charge in [-0.3, -0.25) is 4.79 Å². The highest BCUT2D eigenvalue weighted by Crippen LogP contribution is 2.30. The molecule has 0 fully saturated rings. The number of rotatable bonds is 10. The van der Waals surface area contributed by atoms with Crippen LogP contribution in [0.15, 0.2) is 34.9 Å². The average molecular weight is 397 g/mol. The number of benzene rings is 1. The Balaban J connectivity index is 0.00000364. The van der Waals surface area contributed by atoms with Crippen molar-refractivity contribution in [2.75, 3.05) is 13.7 Å². The number of unbranched alkanes of at least 4 members (excludes halogenated alkanes) is 2. The molecule has 0 aliphatic rings. The van der Waals surface area contributed by atoms with Crippen molar-refractivity contribution in [3.05, 3.63) is 47.4 Å². The summed E-state index contributed by atoms with van der Waals surface area (Å²) in [5.74, 6) is 1.75. The zero-order chi connectivity index (χ0) is 18.9. The molecule has 0 aliphatic carbocycles. The Morgan fingerprint density at radius 2 is 2.04 bits per heavy atom. The minimum Gasteiger partial charge on any atom is -0.493 e. The molecule has 1 aromatic heterocycles. The van der Waals surface area contributed by atoms with Crippen molar-refractivity contribution < 1.29 is 18.7 Å². The molecule has 1 heterocycles. The van der Waals surface area contributed by atoms with Crippen LogP contribution in [0.4, 0.5) is 0 Å². The second-order valence-corrected chi connectivity index (χ2v) is 6.17. The summed E-state index contributed by atoms with van der Waals surface area (Å²) in [6.07, 6.45) is 4.73. The molecule has 0 aliphatic heterocycles. The zero-order valence-electron chi connectivity index (χ0n) is 16.1. The summed E-state index contributed by atoms with van der Waals surface area (Å²) < 4.78 is 16.4. The number of hydrogen-bond acceptors (Lipinski definition) is 5. The van der Waals surface area contributed by atoms with Gasteiger partial charge >= 0.3 is 0 Å². The molecule has 2 aromatic rings. The molecule has 7 heteroatoms. The second kappa shape index (κ2) is 11.5. The molecular formula is C20H29ClN2O4. The van der Waals surface area contributed by atoms with Gasteiger partial charge in [0.25, 0.3) is 5.91 Å². The number of halogens is 1. The van der Waals surface area contributed by atoms with E-state index in [9.17, 15) is 4.79 Å². The molecule has 6 nitrogen and oxygen atoms in total. The first kappa shape index (κ1) is 22.9. The van der Waals surface area contributed by atoms with Gasteiger partial charge in [0.1, 0.15) is 12.0 Å². The summed E-state index contributed by atoms with van der Waals surface area (Å²) >= 11 is 0. The van der Waals surface area contributed by atoms with Crippen molar-refractivity contribution in [2.45, 2.75) is 45.7 Å². The van der Waals surface area contributed by atoms with Gasteiger partial charge in [-0.05, 0) is 37.1 Å². The van der Waals surface area contributed by atoms with Gasteiger partial charge in [0, 0.05) is 0 Å². The summed E-state index contributed by atoms with van der Waals surface area (Å²) in [6.45, 7) is 5.00. The van der Waals surface area contributed by atoms with Crippen molar-refractivity contribution in [1.29, 1.82) is 0 Å². The van der Waals surface area contributed by atoms with Gasteiger partial charge in [-0.25, -0.2) is 0 Å². The quantitative estimate of drug-likeness (QED) is 0.587. The van der Waals surface area contributed by atoms with Crippen LogP contribution in [0.1, 0.15) is 60.8 Å². The molecule has 1 amide bonds. The van der Waals surface area contributed by atoms with E-state index >= 15 is 0 Å². The lowest BCUT2D eigenvalue weighted by Crippen LogP contribution is -2.26. The van der Waals surface area contributed by atoms with Crippen molar-refractivity contribution in [1.82, 2.24) is 5.32 Å². The zero-order valence-corrected chi connectivity index (χ0v) is 16.9. The topological polar surface area (TPSA) is 86.7 Å². The monoisotopic (exact) mass is 396 g/mol. The molecule has 2 rings (SSSR count). The third-order valence-corrected chi connectivity index (χ3v) is 4.16. The van der Waals surface area contributed by atoms with Gasteiger partial charge in [0.2, 0.25) is 0 Å². The molecule has 1 unspecified atom stereocenters. The molecule has 1 atom stereocenters. The Hall–Kier alpha value is -2.18. The maximum Gasteiger partial charge on any atom is 0.255 e. The van der Waals surface area contributed by atoms with Crippen LogP contribution in [-0.4, -0.2) is 19.6 Å². The Bertz CT molecular complexity index is 718. The van der Waals surface area contributed by atoms with E-state index in [-0.39, 0.29) is 30.9 Å². The van der Waals surface area contributed by atoms with E-state index in [1.807, 2.05) is 25.1 Å². The van der Waals surface area contributed by atoms with Gasteiger partial charge in [0.15, 0.2) is 11.5 Å². The fourth-order valence-corrected chi connectivity index (χ4v) is 2.58. The van der Waals surface area contributed by atoms with Gasteiger partial charge in [-0.1, -0.05) is 25.8 Å². The van der Waals surface area contributed by atoms with Gasteiger partial charge in [-0.2, -0.15) is 0 Å². The van der Waals surface area contributed by atoms with Crippen LogP contribution in [0.3, 0.4) is 0 Å². The molecular weight excluding hydrogens is 368 g/mol. The average Bonchev–Trinajstić information content (AvgIpc) is 3.14. The summed E-state index contributed by atoms with van der Waals surface area (Å²) in [5.41, 5.74) is 6.89. The number of nitrogens with two attached hydrogens (primary N) is 1. The molecule has 150 valence electrons. The number of hydrogen-bond donors (Lipinski definition) is 2. The van der Waals surface area contributed by atoms with Crippen LogP contribution in [0.2, 0.25) is 0 Å². The highest BCUT2D eigenvalue weighted by molar-refractivity contribution is 5.94. The number of ether oxygens (including phenoxy) is 2. The van der Waals surface area contributed by atoms with Crippen LogP contribution < -0.4 is 20.5 Å². The van der Waals surface area contributed by atoms with Crippen LogP contribution in [0.25, 0.3) is 0 Å². The number of carbonyl (C=O) groups is 1. The summed E-state index contributed by atoms with van der Waals surface area (Å²) in [6, 6.07) is 7.16. The van der Waals surface area contributed by atoms with Crippen LogP contribution in [0, 0.1) is 0 Å². The van der Waals surface area contributed by atoms with Crippen LogP contribution in [0.5, 0.6) is 11.5 Å². The smallest absolute Gasteiger partial charge is 0.255 e. The van der Waals surface area contributed by atoms with E-state index in [1.165, 1.54) is 6.26 Å². The minimum atomic E-state index is -0.209. The van der Waals surface area contributed by atoms with Crippen LogP contribution in [-0.2, 0) is 6.54 Å². The number of methoxy groups -OCH3 is 1. The van der Waals surface area contributed by atoms with Gasteiger partial charge < -0.3 is 24.9 Å². The minimum absolute atomic E-state index is 0. The maximum atomic E-state index is 12.3. The van der Waals surface area contributed by atoms with E-state index in [4.69, 9.17) is 19.6 Å². The third-order valence-electron chi connectivity index (χ3n) is 4.16. The second-order valence-electron chi connectivity index (χ2n) is 6.17. The molecule has 0 saturated carbocycles. The first-order valence-corrected chi connectivity index (χ1v) is 8.98. The van der Waals surface area contributed by atoms with Crippen molar-refractivity contribution in [2.24, 2.45) is 5.73 Å². The van der Waals surface area contributed by atoms with Gasteiger partial charge in [-0.15, -0.1) is 12.4 Å². The number of carbonyl (C=O) groups excluding carboxylic acids is 1. The number of amides is 1. The number of nitrogens with one attached hydrogen (secondary N) is 1. The van der Waals surface area contributed by atoms with E-state index < -0.39 is 0 Å². The fraction of sp³-hybridized carbons (Fsp3) is 0.450. The fourth-order valence-electron chi connectivity index (χ4n) is 2.58. The SMILES string of the molecule is CCCCCOc1ccc(C(C)NC(=O)c2coc(CN)c2)cc1OC.Cl. The predicted molar refractivity (Wildman–Crippen MR) is 108 cm³/mol. The molecule has 0 radical (unpaired) electrons. The van der Waals surface area contributed by atoms with Crippen molar-refractivity contribution >= 4 is 18.3 Å². The summed E-state index contributed by atoms with van der Waals surface area (Å²) in [4.78, 5) is 12.3. The molecule has 27 heavy (non-hydrogen) atoms. The predicted octanol–water partition coefficient (Wildman–Crippen LogP) is 4.23. The van der Waals surface area contributed by atoms with Crippen molar-refractivity contribution in [3.63, 3.8) is 0 Å². The lowest BCUT2D eigenvalue weighted by atomic mass is 10.1. The molecule has 0 spiro atoms. The number of furan rings is 1. The summed E-state index contributed by atoms with van der Waals surface area (Å²) in [7, 11) is 1.61. The Morgan fingerprint density at radius 1 is 1.26 bits per heavy atom. The van der Waals surface area contributed by atoms with E-state index in [0.717, 1.165) is 24.8 Å². The Morgan fingerprint density at radius 3 is 2.67 bits per heavy atom.